The van der Waals surface area contributed by atoms with Crippen molar-refractivity contribution in [3.8, 4) is 22.5 Å². The third-order valence-corrected chi connectivity index (χ3v) is 7.25. The molecule has 0 N–H and O–H groups in total. The molecule has 0 aliphatic carbocycles. The molecule has 5 aromatic carbocycles. The molecule has 8 rings (SSSR count). The smallest absolute Gasteiger partial charge is 0.304 e. The van der Waals surface area contributed by atoms with Gasteiger partial charge in [0.1, 0.15) is 0 Å². The van der Waals surface area contributed by atoms with Crippen molar-refractivity contribution in [2.24, 2.45) is 0 Å². The Labute approximate surface area is 298 Å². The van der Waals surface area contributed by atoms with E-state index < -0.39 is 0 Å². The van der Waals surface area contributed by atoms with Gasteiger partial charge in [-0.25, -0.2) is 0 Å². The Morgan fingerprint density at radius 1 is 0.489 bits per heavy atom. The number of aryl methyl sites for hydroxylation is 1. The van der Waals surface area contributed by atoms with E-state index in [1.807, 2.05) is 147 Å². The zero-order valence-corrected chi connectivity index (χ0v) is 29.7. The van der Waals surface area contributed by atoms with Crippen LogP contribution in [0.2, 0.25) is 0 Å². The first-order chi connectivity index (χ1) is 22.7. The van der Waals surface area contributed by atoms with Crippen LogP contribution in [0, 0.1) is 25.1 Å². The third-order valence-electron chi connectivity index (χ3n) is 6.76. The van der Waals surface area contributed by atoms with E-state index in [0.717, 1.165) is 32.7 Å². The molecule has 0 spiro atoms. The summed E-state index contributed by atoms with van der Waals surface area (Å²) >= 11 is 3.28. The first-order valence-electron chi connectivity index (χ1n) is 14.8. The predicted octanol–water partition coefficient (Wildman–Crippen LogP) is 11.0. The molecule has 3 aromatic heterocycles. The van der Waals surface area contributed by atoms with Crippen LogP contribution in [0.25, 0.3) is 44.1 Å². The summed E-state index contributed by atoms with van der Waals surface area (Å²) in [4.78, 5) is 12.9. The zero-order chi connectivity index (χ0) is 31.8. The number of fused-ring (bicyclic) bond motifs is 2. The van der Waals surface area contributed by atoms with Crippen LogP contribution in [-0.2, 0) is 20.1 Å². The Bertz CT molecular complexity index is 1890. The van der Waals surface area contributed by atoms with Gasteiger partial charge in [0.25, 0.3) is 0 Å². The monoisotopic (exact) mass is 849 g/mol. The first-order valence-corrected chi connectivity index (χ1v) is 15.6. The molecule has 0 unspecified atom stereocenters. The molecule has 3 heterocycles. The van der Waals surface area contributed by atoms with Gasteiger partial charge in [0.15, 0.2) is 0 Å². The van der Waals surface area contributed by atoms with E-state index in [4.69, 9.17) is 0 Å². The van der Waals surface area contributed by atoms with Crippen LogP contribution in [0.4, 0.5) is 0 Å². The maximum Gasteiger partial charge on any atom is 3.00 e. The molecule has 0 amide bonds. The van der Waals surface area contributed by atoms with Crippen LogP contribution in [-0.4, -0.2) is 15.0 Å². The maximum absolute atomic E-state index is 4.45. The number of hydrogen-bond donors (Lipinski definition) is 0. The van der Waals surface area contributed by atoms with Gasteiger partial charge in [-0.05, 0) is 64.1 Å². The molecule has 47 heavy (non-hydrogen) atoms. The van der Waals surface area contributed by atoms with Crippen molar-refractivity contribution < 1.29 is 20.1 Å². The molecule has 0 fully saturated rings. The van der Waals surface area contributed by atoms with Gasteiger partial charge in [-0.3, -0.25) is 4.98 Å². The zero-order valence-electron chi connectivity index (χ0n) is 25.7. The maximum atomic E-state index is 4.45. The summed E-state index contributed by atoms with van der Waals surface area (Å²) in [6, 6.07) is 59.3. The number of hydrogen-bond acceptors (Lipinski definition) is 3. The molecule has 0 aliphatic rings. The van der Waals surface area contributed by atoms with Crippen LogP contribution in [0.5, 0.6) is 0 Å². The van der Waals surface area contributed by atoms with Gasteiger partial charge in [0.05, 0.1) is 0 Å². The summed E-state index contributed by atoms with van der Waals surface area (Å²) in [6.07, 6.45) is 5.48. The molecule has 0 atom stereocenters. The second-order valence-electron chi connectivity index (χ2n) is 10.0. The number of aromatic nitrogens is 3. The number of benzene rings is 5. The Morgan fingerprint density at radius 3 is 1.40 bits per heavy atom. The van der Waals surface area contributed by atoms with E-state index in [1.165, 1.54) is 21.5 Å². The molecule has 230 valence electrons. The molecule has 0 saturated carbocycles. The molecule has 0 aliphatic heterocycles. The fourth-order valence-corrected chi connectivity index (χ4v) is 4.85. The topological polar surface area (TPSA) is 38.7 Å². The molecule has 5 heteroatoms. The average Bonchev–Trinajstić information content (AvgIpc) is 3.13. The largest absolute Gasteiger partial charge is 3.00 e. The SMILES string of the molecule is Brc1c[c-]ccc1.Cc1ccccn1.[Ir+3].[c-]1ccccc1-c1nccc2ccccc12.[c-]1ccccc1-c1nccc2ccccc12. The second-order valence-corrected chi connectivity index (χ2v) is 10.9. The fourth-order valence-electron chi connectivity index (χ4n) is 4.57. The predicted molar refractivity (Wildman–Crippen MR) is 194 cm³/mol. The average molecular weight is 850 g/mol. The minimum Gasteiger partial charge on any atom is -0.304 e. The number of pyridine rings is 3. The molecule has 0 bridgehead atoms. The number of nitrogens with zero attached hydrogens (tertiary/aromatic N) is 3. The van der Waals surface area contributed by atoms with E-state index in [2.05, 4.69) is 73.3 Å². The van der Waals surface area contributed by atoms with Gasteiger partial charge in [-0.15, -0.1) is 87.7 Å². The van der Waals surface area contributed by atoms with Gasteiger partial charge < -0.3 is 9.97 Å². The molecular formula is C42H31BrIrN3. The van der Waals surface area contributed by atoms with Gasteiger partial charge in [0, 0.05) is 24.3 Å². The second kappa shape index (κ2) is 19.0. The van der Waals surface area contributed by atoms with Crippen LogP contribution in [0.1, 0.15) is 5.69 Å². The van der Waals surface area contributed by atoms with Crippen molar-refractivity contribution in [1.82, 2.24) is 15.0 Å². The Hall–Kier alpha value is -4.80. The minimum absolute atomic E-state index is 0. The summed E-state index contributed by atoms with van der Waals surface area (Å²) in [5.41, 5.74) is 5.15. The third kappa shape index (κ3) is 10.6. The van der Waals surface area contributed by atoms with Crippen molar-refractivity contribution in [2.45, 2.75) is 6.92 Å². The van der Waals surface area contributed by atoms with Crippen LogP contribution in [0.3, 0.4) is 0 Å². The van der Waals surface area contributed by atoms with Gasteiger partial charge in [-0.1, -0.05) is 59.1 Å². The van der Waals surface area contributed by atoms with E-state index in [0.29, 0.717) is 0 Å². The van der Waals surface area contributed by atoms with Gasteiger partial charge >= 0.3 is 20.1 Å². The Kier molecular flexibility index (Phi) is 14.2. The summed E-state index contributed by atoms with van der Waals surface area (Å²) in [7, 11) is 0. The van der Waals surface area contributed by atoms with Crippen LogP contribution < -0.4 is 0 Å². The minimum atomic E-state index is 0. The van der Waals surface area contributed by atoms with Gasteiger partial charge in [-0.2, -0.15) is 30.3 Å². The summed E-state index contributed by atoms with van der Waals surface area (Å²) in [5.74, 6) is 0. The first kappa shape index (κ1) is 35.1. The van der Waals surface area contributed by atoms with E-state index in [-0.39, 0.29) is 20.1 Å². The number of rotatable bonds is 2. The van der Waals surface area contributed by atoms with Crippen molar-refractivity contribution >= 4 is 37.5 Å². The van der Waals surface area contributed by atoms with Crippen molar-refractivity contribution in [3.05, 3.63) is 199 Å². The molecular weight excluding hydrogens is 819 g/mol. The Balaban J connectivity index is 0.000000151. The van der Waals surface area contributed by atoms with E-state index >= 15 is 0 Å². The summed E-state index contributed by atoms with van der Waals surface area (Å²) in [5, 5.41) is 4.77. The standard InChI is InChI=1S/2C15H10N.C6H4Br.C6H7N.Ir/c2*1-2-7-13(8-3-1)15-14-9-5-4-6-12(14)10-11-16-15;7-6-4-2-1-3-5-6;1-6-4-2-3-5-7-6;/h2*1-7,9-11H;1-2,4-5H;2-5H,1H3;/q3*-1;;+3. The van der Waals surface area contributed by atoms with Crippen molar-refractivity contribution in [1.29, 1.82) is 0 Å². The Morgan fingerprint density at radius 2 is 1.02 bits per heavy atom. The normalized spacial score (nSPS) is 9.74. The van der Waals surface area contributed by atoms with E-state index in [1.54, 1.807) is 6.20 Å². The summed E-state index contributed by atoms with van der Waals surface area (Å²) < 4.78 is 1.08. The van der Waals surface area contributed by atoms with Crippen molar-refractivity contribution in [3.63, 3.8) is 0 Å². The molecule has 8 aromatic rings. The summed E-state index contributed by atoms with van der Waals surface area (Å²) in [6.45, 7) is 1.97. The van der Waals surface area contributed by atoms with Crippen LogP contribution >= 0.6 is 15.9 Å². The quantitative estimate of drug-likeness (QED) is 0.163. The molecule has 0 radical (unpaired) electrons. The fraction of sp³-hybridized carbons (Fsp3) is 0.0238. The van der Waals surface area contributed by atoms with Gasteiger partial charge in [0.2, 0.25) is 0 Å². The molecule has 0 saturated heterocycles. The number of halogens is 1. The van der Waals surface area contributed by atoms with Crippen LogP contribution in [0.15, 0.2) is 175 Å². The van der Waals surface area contributed by atoms with Crippen molar-refractivity contribution in [2.75, 3.05) is 0 Å². The van der Waals surface area contributed by atoms with E-state index in [9.17, 15) is 0 Å². The molecule has 3 nitrogen and oxygen atoms in total.